The number of rotatable bonds is 7. The highest BCUT2D eigenvalue weighted by molar-refractivity contribution is 5.99. The van der Waals surface area contributed by atoms with E-state index in [1.807, 2.05) is 31.2 Å². The first-order valence-corrected chi connectivity index (χ1v) is 7.79. The highest BCUT2D eigenvalue weighted by atomic mass is 16.6. The molecule has 0 atom stereocenters. The summed E-state index contributed by atoms with van der Waals surface area (Å²) >= 11 is 0. The van der Waals surface area contributed by atoms with Gasteiger partial charge >= 0.3 is 0 Å². The van der Waals surface area contributed by atoms with Gasteiger partial charge in [0.2, 0.25) is 0 Å². The van der Waals surface area contributed by atoms with Gasteiger partial charge in [0.15, 0.2) is 11.5 Å². The third kappa shape index (κ3) is 4.47. The van der Waals surface area contributed by atoms with Crippen molar-refractivity contribution in [3.63, 3.8) is 0 Å². The molecule has 1 amide bonds. The average Bonchev–Trinajstić information content (AvgIpc) is 2.60. The maximum Gasteiger partial charge on any atom is 0.286 e. The van der Waals surface area contributed by atoms with E-state index >= 15 is 0 Å². The van der Waals surface area contributed by atoms with Crippen LogP contribution >= 0.6 is 0 Å². The molecular weight excluding hydrogens is 324 g/mol. The third-order valence-corrected chi connectivity index (χ3v) is 3.60. The Morgan fingerprint density at radius 3 is 2.44 bits per heavy atom. The number of hydrogen-bond donors (Lipinski definition) is 1. The lowest BCUT2D eigenvalue weighted by molar-refractivity contribution is -0.385. The van der Waals surface area contributed by atoms with Crippen LogP contribution in [0.5, 0.6) is 11.5 Å². The molecule has 0 aromatic heterocycles. The van der Waals surface area contributed by atoms with Crippen LogP contribution in [-0.4, -0.2) is 24.5 Å². The highest BCUT2D eigenvalue weighted by Gasteiger charge is 2.24. The molecule has 7 nitrogen and oxygen atoms in total. The van der Waals surface area contributed by atoms with Gasteiger partial charge in [-0.15, -0.1) is 0 Å². The lowest BCUT2D eigenvalue weighted by Gasteiger charge is -2.12. The van der Waals surface area contributed by atoms with Gasteiger partial charge in [0, 0.05) is 12.6 Å². The number of nitro benzene ring substituents is 1. The summed E-state index contributed by atoms with van der Waals surface area (Å²) in [5, 5.41) is 14.0. The maximum absolute atomic E-state index is 12.5. The molecule has 0 saturated carbocycles. The quantitative estimate of drug-likeness (QED) is 0.615. The van der Waals surface area contributed by atoms with Crippen molar-refractivity contribution in [1.82, 2.24) is 5.32 Å². The molecule has 132 valence electrons. The van der Waals surface area contributed by atoms with Gasteiger partial charge in [0.1, 0.15) is 5.56 Å². The molecule has 0 aliphatic heterocycles. The number of ether oxygens (including phenoxy) is 2. The van der Waals surface area contributed by atoms with Crippen LogP contribution in [0.15, 0.2) is 36.4 Å². The van der Waals surface area contributed by atoms with E-state index in [2.05, 4.69) is 5.32 Å². The number of amides is 1. The number of nitro groups is 1. The normalized spacial score (nSPS) is 10.2. The zero-order chi connectivity index (χ0) is 18.4. The second-order valence-corrected chi connectivity index (χ2v) is 5.38. The predicted octanol–water partition coefficient (Wildman–Crippen LogP) is 3.24. The highest BCUT2D eigenvalue weighted by Crippen LogP contribution is 2.34. The van der Waals surface area contributed by atoms with E-state index < -0.39 is 10.8 Å². The minimum atomic E-state index is -0.612. The van der Waals surface area contributed by atoms with Gasteiger partial charge < -0.3 is 14.8 Å². The Morgan fingerprint density at radius 2 is 1.88 bits per heavy atom. The molecule has 0 bridgehead atoms. The molecule has 0 unspecified atom stereocenters. The molecular formula is C18H20N2O5. The van der Waals surface area contributed by atoms with Crippen LogP contribution < -0.4 is 14.8 Å². The van der Waals surface area contributed by atoms with Crippen LogP contribution in [0.1, 0.15) is 28.4 Å². The van der Waals surface area contributed by atoms with Crippen molar-refractivity contribution in [3.05, 3.63) is 63.2 Å². The van der Waals surface area contributed by atoms with Gasteiger partial charge in [-0.3, -0.25) is 14.9 Å². The first-order chi connectivity index (χ1) is 12.0. The van der Waals surface area contributed by atoms with E-state index in [9.17, 15) is 14.9 Å². The Kier molecular flexibility index (Phi) is 5.94. The van der Waals surface area contributed by atoms with E-state index in [0.717, 1.165) is 11.1 Å². The molecule has 7 heteroatoms. The molecule has 0 fully saturated rings. The molecule has 2 aromatic rings. The Morgan fingerprint density at radius 1 is 1.20 bits per heavy atom. The van der Waals surface area contributed by atoms with Crippen molar-refractivity contribution in [2.75, 3.05) is 13.7 Å². The molecule has 2 rings (SSSR count). The van der Waals surface area contributed by atoms with E-state index in [-0.39, 0.29) is 29.3 Å². The van der Waals surface area contributed by atoms with Gasteiger partial charge in [-0.2, -0.15) is 0 Å². The van der Waals surface area contributed by atoms with Gasteiger partial charge in [-0.05, 0) is 19.4 Å². The lowest BCUT2D eigenvalue weighted by atomic mass is 10.1. The fraction of sp³-hybridized carbons (Fsp3) is 0.278. The zero-order valence-electron chi connectivity index (χ0n) is 14.4. The summed E-state index contributed by atoms with van der Waals surface area (Å²) in [6.45, 7) is 4.36. The summed E-state index contributed by atoms with van der Waals surface area (Å²) in [6, 6.07) is 10.2. The summed E-state index contributed by atoms with van der Waals surface area (Å²) in [4.78, 5) is 23.1. The Labute approximate surface area is 145 Å². The predicted molar refractivity (Wildman–Crippen MR) is 93.2 cm³/mol. The van der Waals surface area contributed by atoms with Gasteiger partial charge in [0.05, 0.1) is 24.7 Å². The molecule has 0 aliphatic rings. The number of nitrogens with zero attached hydrogens (tertiary/aromatic N) is 1. The van der Waals surface area contributed by atoms with Gasteiger partial charge in [-0.25, -0.2) is 0 Å². The molecule has 0 spiro atoms. The monoisotopic (exact) mass is 344 g/mol. The summed E-state index contributed by atoms with van der Waals surface area (Å²) < 4.78 is 10.5. The zero-order valence-corrected chi connectivity index (χ0v) is 14.4. The molecule has 25 heavy (non-hydrogen) atoms. The fourth-order valence-corrected chi connectivity index (χ4v) is 2.29. The van der Waals surface area contributed by atoms with Crippen molar-refractivity contribution in [3.8, 4) is 11.5 Å². The summed E-state index contributed by atoms with van der Waals surface area (Å²) in [6.07, 6.45) is 0. The summed E-state index contributed by atoms with van der Waals surface area (Å²) in [7, 11) is 1.39. The molecule has 2 aromatic carbocycles. The van der Waals surface area contributed by atoms with E-state index in [1.54, 1.807) is 6.92 Å². The van der Waals surface area contributed by atoms with Gasteiger partial charge in [-0.1, -0.05) is 29.8 Å². The number of benzene rings is 2. The number of nitrogens with one attached hydrogen (secondary N) is 1. The van der Waals surface area contributed by atoms with Crippen molar-refractivity contribution in [2.24, 2.45) is 0 Å². The van der Waals surface area contributed by atoms with Crippen molar-refractivity contribution >= 4 is 11.6 Å². The minimum absolute atomic E-state index is 0.0682. The topological polar surface area (TPSA) is 90.7 Å². The van der Waals surface area contributed by atoms with Crippen LogP contribution in [0.25, 0.3) is 0 Å². The number of hydrogen-bond acceptors (Lipinski definition) is 5. The number of methoxy groups -OCH3 is 1. The van der Waals surface area contributed by atoms with Crippen LogP contribution in [-0.2, 0) is 6.54 Å². The Bertz CT molecular complexity index is 772. The third-order valence-electron chi connectivity index (χ3n) is 3.60. The number of carbonyl (C=O) groups excluding carboxylic acids is 1. The molecule has 0 radical (unpaired) electrons. The summed E-state index contributed by atoms with van der Waals surface area (Å²) in [5.41, 5.74) is 1.62. The molecule has 0 saturated heterocycles. The molecule has 0 heterocycles. The van der Waals surface area contributed by atoms with Crippen molar-refractivity contribution in [2.45, 2.75) is 20.4 Å². The van der Waals surface area contributed by atoms with Crippen molar-refractivity contribution in [1.29, 1.82) is 0 Å². The first kappa shape index (κ1) is 18.3. The maximum atomic E-state index is 12.5. The summed E-state index contributed by atoms with van der Waals surface area (Å²) in [5.74, 6) is -0.0457. The van der Waals surface area contributed by atoms with Crippen LogP contribution in [0.3, 0.4) is 0 Å². The fourth-order valence-electron chi connectivity index (χ4n) is 2.29. The minimum Gasteiger partial charge on any atom is -0.493 e. The second kappa shape index (κ2) is 8.14. The van der Waals surface area contributed by atoms with Crippen molar-refractivity contribution < 1.29 is 19.2 Å². The van der Waals surface area contributed by atoms with E-state index in [0.29, 0.717) is 6.61 Å². The lowest BCUT2D eigenvalue weighted by Crippen LogP contribution is -2.24. The van der Waals surface area contributed by atoms with E-state index in [4.69, 9.17) is 9.47 Å². The van der Waals surface area contributed by atoms with Crippen LogP contribution in [0, 0.1) is 17.0 Å². The SMILES string of the molecule is CCOc1cc(C(=O)NCc2ccc(C)cc2)c([N+](=O)[O-])cc1OC. The largest absolute Gasteiger partial charge is 0.493 e. The average molecular weight is 344 g/mol. The van der Waals surface area contributed by atoms with Crippen LogP contribution in [0.4, 0.5) is 5.69 Å². The smallest absolute Gasteiger partial charge is 0.286 e. The number of aryl methyl sites for hydroxylation is 1. The molecule has 1 N–H and O–H groups in total. The van der Waals surface area contributed by atoms with Crippen LogP contribution in [0.2, 0.25) is 0 Å². The Hall–Kier alpha value is -3.09. The Balaban J connectivity index is 2.28. The second-order valence-electron chi connectivity index (χ2n) is 5.38. The van der Waals surface area contributed by atoms with E-state index in [1.165, 1.54) is 19.2 Å². The van der Waals surface area contributed by atoms with Gasteiger partial charge in [0.25, 0.3) is 11.6 Å². The molecule has 0 aliphatic carbocycles. The number of carbonyl (C=O) groups is 1. The first-order valence-electron chi connectivity index (χ1n) is 7.79. The standard InChI is InChI=1S/C18H20N2O5/c1-4-25-17-9-14(15(20(22)23)10-16(17)24-3)18(21)19-11-13-7-5-12(2)6-8-13/h5-10H,4,11H2,1-3H3,(H,19,21).